The second-order valence-corrected chi connectivity index (χ2v) is 8.02. The lowest BCUT2D eigenvalue weighted by atomic mass is 10.1. The molecule has 2 aromatic rings. The Kier molecular flexibility index (Phi) is 7.78. The fourth-order valence-electron chi connectivity index (χ4n) is 2.61. The molecule has 0 spiro atoms. The van der Waals surface area contributed by atoms with Gasteiger partial charge in [0.1, 0.15) is 0 Å². The number of rotatable bonds is 7. The predicted molar refractivity (Wildman–Crippen MR) is 111 cm³/mol. The van der Waals surface area contributed by atoms with Gasteiger partial charge >= 0.3 is 0 Å². The molecule has 0 aliphatic carbocycles. The number of nitrogens with one attached hydrogen (secondary N) is 2. The number of aryl methyl sites for hydroxylation is 3. The molecule has 0 saturated heterocycles. The van der Waals surface area contributed by atoms with Gasteiger partial charge in [0, 0.05) is 36.3 Å². The van der Waals surface area contributed by atoms with Crippen molar-refractivity contribution in [2.75, 3.05) is 19.8 Å². The van der Waals surface area contributed by atoms with E-state index in [1.807, 2.05) is 7.05 Å². The summed E-state index contributed by atoms with van der Waals surface area (Å²) in [5, 5.41) is 7.98. The van der Waals surface area contributed by atoms with Crippen molar-refractivity contribution in [3.63, 3.8) is 0 Å². The van der Waals surface area contributed by atoms with Crippen LogP contribution >= 0.6 is 23.1 Å². The van der Waals surface area contributed by atoms with Crippen LogP contribution in [0.2, 0.25) is 0 Å². The lowest BCUT2D eigenvalue weighted by Crippen LogP contribution is -2.37. The molecule has 0 amide bonds. The smallest absolute Gasteiger partial charge is 0.191 e. The van der Waals surface area contributed by atoms with Gasteiger partial charge in [0.25, 0.3) is 0 Å². The Labute approximate surface area is 159 Å². The minimum atomic E-state index is 0.770. The number of hydrogen-bond acceptors (Lipinski definition) is 4. The summed E-state index contributed by atoms with van der Waals surface area (Å²) in [5.41, 5.74) is 3.82. The van der Waals surface area contributed by atoms with Crippen LogP contribution < -0.4 is 10.6 Å². The van der Waals surface area contributed by atoms with Gasteiger partial charge in [0.05, 0.1) is 10.7 Å². The Morgan fingerprint density at radius 2 is 2.08 bits per heavy atom. The maximum atomic E-state index is 4.69. The van der Waals surface area contributed by atoms with E-state index in [4.69, 9.17) is 4.98 Å². The second kappa shape index (κ2) is 9.82. The molecular formula is C19H28N4S2. The standard InChI is InChI=1S/C19H28N4S2/c1-6-16-14(3)25-18(23-16)9-10-21-19(20-4)22-12-15-8-7-13(2)11-17(15)24-5/h7-8,11H,6,9-10,12H2,1-5H3,(H2,20,21,22). The molecule has 1 aromatic carbocycles. The molecule has 0 unspecified atom stereocenters. The number of benzene rings is 1. The molecule has 0 aliphatic heterocycles. The molecule has 25 heavy (non-hydrogen) atoms. The van der Waals surface area contributed by atoms with E-state index in [-0.39, 0.29) is 0 Å². The topological polar surface area (TPSA) is 49.3 Å². The lowest BCUT2D eigenvalue weighted by Gasteiger charge is -2.13. The van der Waals surface area contributed by atoms with Gasteiger partial charge in [-0.05, 0) is 43.7 Å². The highest BCUT2D eigenvalue weighted by Crippen LogP contribution is 2.21. The van der Waals surface area contributed by atoms with Crippen LogP contribution in [0.3, 0.4) is 0 Å². The van der Waals surface area contributed by atoms with Crippen LogP contribution in [0.4, 0.5) is 0 Å². The van der Waals surface area contributed by atoms with Gasteiger partial charge in [-0.1, -0.05) is 19.1 Å². The monoisotopic (exact) mass is 376 g/mol. The maximum absolute atomic E-state index is 4.69. The Bertz CT molecular complexity index is 722. The maximum Gasteiger partial charge on any atom is 0.191 e. The summed E-state index contributed by atoms with van der Waals surface area (Å²) < 4.78 is 0. The fourth-order valence-corrected chi connectivity index (χ4v) is 4.34. The lowest BCUT2D eigenvalue weighted by molar-refractivity contribution is 0.784. The highest BCUT2D eigenvalue weighted by atomic mass is 32.2. The Hall–Kier alpha value is -1.53. The number of hydrogen-bond donors (Lipinski definition) is 2. The van der Waals surface area contributed by atoms with Crippen molar-refractivity contribution in [3.05, 3.63) is 44.9 Å². The molecule has 4 nitrogen and oxygen atoms in total. The molecule has 1 heterocycles. The summed E-state index contributed by atoms with van der Waals surface area (Å²) in [4.78, 5) is 11.7. The fraction of sp³-hybridized carbons (Fsp3) is 0.474. The van der Waals surface area contributed by atoms with Crippen LogP contribution in [-0.4, -0.2) is 30.8 Å². The molecule has 0 aliphatic rings. The van der Waals surface area contributed by atoms with Crippen LogP contribution in [0.1, 0.15) is 33.6 Å². The van der Waals surface area contributed by atoms with Crippen molar-refractivity contribution in [2.45, 2.75) is 45.1 Å². The third-order valence-electron chi connectivity index (χ3n) is 4.02. The summed E-state index contributed by atoms with van der Waals surface area (Å²) in [5.74, 6) is 0.830. The van der Waals surface area contributed by atoms with Crippen LogP contribution in [0.15, 0.2) is 28.1 Å². The van der Waals surface area contributed by atoms with Crippen LogP contribution in [-0.2, 0) is 19.4 Å². The van der Waals surface area contributed by atoms with E-state index >= 15 is 0 Å². The average Bonchev–Trinajstić information content (AvgIpc) is 2.98. The molecular weight excluding hydrogens is 348 g/mol. The number of thioether (sulfide) groups is 1. The van der Waals surface area contributed by atoms with Gasteiger partial charge < -0.3 is 10.6 Å². The zero-order valence-electron chi connectivity index (χ0n) is 15.8. The molecule has 2 N–H and O–H groups in total. The number of aromatic nitrogens is 1. The molecule has 2 rings (SSSR count). The average molecular weight is 377 g/mol. The van der Waals surface area contributed by atoms with E-state index < -0.39 is 0 Å². The SMILES string of the molecule is CCc1nc(CCNC(=NC)NCc2ccc(C)cc2SC)sc1C. The number of nitrogens with zero attached hydrogens (tertiary/aromatic N) is 2. The van der Waals surface area contributed by atoms with Crippen molar-refractivity contribution in [2.24, 2.45) is 4.99 Å². The first-order valence-electron chi connectivity index (χ1n) is 8.60. The minimum absolute atomic E-state index is 0.770. The zero-order valence-corrected chi connectivity index (χ0v) is 17.4. The van der Waals surface area contributed by atoms with E-state index in [0.29, 0.717) is 0 Å². The highest BCUT2D eigenvalue weighted by Gasteiger charge is 2.07. The molecule has 0 fully saturated rings. The van der Waals surface area contributed by atoms with Gasteiger partial charge in [-0.3, -0.25) is 4.99 Å². The molecule has 6 heteroatoms. The normalized spacial score (nSPS) is 11.6. The van der Waals surface area contributed by atoms with Crippen molar-refractivity contribution < 1.29 is 0 Å². The quantitative estimate of drug-likeness (QED) is 0.436. The number of guanidine groups is 1. The van der Waals surface area contributed by atoms with E-state index in [0.717, 1.165) is 31.9 Å². The number of thiazole rings is 1. The molecule has 0 saturated carbocycles. The first-order chi connectivity index (χ1) is 12.1. The highest BCUT2D eigenvalue weighted by molar-refractivity contribution is 7.98. The summed E-state index contributed by atoms with van der Waals surface area (Å²) >= 11 is 3.58. The summed E-state index contributed by atoms with van der Waals surface area (Å²) in [6, 6.07) is 6.57. The summed E-state index contributed by atoms with van der Waals surface area (Å²) in [6.45, 7) is 8.04. The molecule has 0 radical (unpaired) electrons. The number of aliphatic imine (C=N–C) groups is 1. The molecule has 0 atom stereocenters. The van der Waals surface area contributed by atoms with Crippen LogP contribution in [0.5, 0.6) is 0 Å². The zero-order chi connectivity index (χ0) is 18.2. The van der Waals surface area contributed by atoms with Crippen molar-refractivity contribution >= 4 is 29.1 Å². The van der Waals surface area contributed by atoms with E-state index in [1.54, 1.807) is 23.1 Å². The molecule has 136 valence electrons. The third-order valence-corrected chi connectivity index (χ3v) is 5.91. The van der Waals surface area contributed by atoms with Gasteiger partial charge in [-0.25, -0.2) is 4.98 Å². The minimum Gasteiger partial charge on any atom is -0.356 e. The van der Waals surface area contributed by atoms with E-state index in [1.165, 1.54) is 31.6 Å². The van der Waals surface area contributed by atoms with E-state index in [9.17, 15) is 0 Å². The first kappa shape index (κ1) is 19.8. The Morgan fingerprint density at radius 1 is 1.28 bits per heavy atom. The first-order valence-corrected chi connectivity index (χ1v) is 10.6. The van der Waals surface area contributed by atoms with Crippen LogP contribution in [0, 0.1) is 13.8 Å². The molecule has 0 bridgehead atoms. The van der Waals surface area contributed by atoms with Crippen LogP contribution in [0.25, 0.3) is 0 Å². The Morgan fingerprint density at radius 3 is 2.72 bits per heavy atom. The van der Waals surface area contributed by atoms with Crippen molar-refractivity contribution in [1.82, 2.24) is 15.6 Å². The predicted octanol–water partition coefficient (Wildman–Crippen LogP) is 3.95. The van der Waals surface area contributed by atoms with Gasteiger partial charge in [0.15, 0.2) is 5.96 Å². The Balaban J connectivity index is 1.84. The summed E-state index contributed by atoms with van der Waals surface area (Å²) in [7, 11) is 1.81. The van der Waals surface area contributed by atoms with Crippen molar-refractivity contribution in [3.8, 4) is 0 Å². The van der Waals surface area contributed by atoms with E-state index in [2.05, 4.69) is 60.9 Å². The largest absolute Gasteiger partial charge is 0.356 e. The van der Waals surface area contributed by atoms with Crippen molar-refractivity contribution in [1.29, 1.82) is 0 Å². The van der Waals surface area contributed by atoms with Gasteiger partial charge in [0.2, 0.25) is 0 Å². The van der Waals surface area contributed by atoms with Gasteiger partial charge in [-0.15, -0.1) is 23.1 Å². The second-order valence-electron chi connectivity index (χ2n) is 5.88. The summed E-state index contributed by atoms with van der Waals surface area (Å²) in [6.07, 6.45) is 4.05. The third kappa shape index (κ3) is 5.75. The van der Waals surface area contributed by atoms with Gasteiger partial charge in [-0.2, -0.15) is 0 Å². The molecule has 1 aromatic heterocycles.